The van der Waals surface area contributed by atoms with Gasteiger partial charge in [0.15, 0.2) is 11.5 Å². The highest BCUT2D eigenvalue weighted by Gasteiger charge is 2.29. The van der Waals surface area contributed by atoms with Crippen LogP contribution in [0.4, 0.5) is 14.7 Å². The predicted molar refractivity (Wildman–Crippen MR) is 133 cm³/mol. The minimum atomic E-state index is -0.854. The Morgan fingerprint density at radius 3 is 2.28 bits per heavy atom. The van der Waals surface area contributed by atoms with E-state index >= 15 is 0 Å². The zero-order valence-electron chi connectivity index (χ0n) is 19.5. The fraction of sp³-hybridized carbons (Fsp3) is 0.185. The molecule has 180 valence electrons. The summed E-state index contributed by atoms with van der Waals surface area (Å²) in [6.45, 7) is 3.49. The lowest BCUT2D eigenvalue weighted by Crippen LogP contribution is -2.49. The maximum absolute atomic E-state index is 14.2. The van der Waals surface area contributed by atoms with Crippen molar-refractivity contribution in [3.63, 3.8) is 0 Å². The Balaban J connectivity index is 1.40. The average Bonchev–Trinajstić information content (AvgIpc) is 3.34. The lowest BCUT2D eigenvalue weighted by atomic mass is 10.1. The number of hydrogen-bond donors (Lipinski definition) is 0. The first-order valence-electron chi connectivity index (χ1n) is 11.7. The number of carbonyl (C=O) groups is 1. The molecule has 0 aliphatic carbocycles. The Morgan fingerprint density at radius 1 is 0.833 bits per heavy atom. The summed E-state index contributed by atoms with van der Waals surface area (Å²) < 4.78 is 30.4. The second kappa shape index (κ2) is 8.67. The van der Waals surface area contributed by atoms with Crippen molar-refractivity contribution in [2.45, 2.75) is 6.92 Å². The van der Waals surface area contributed by atoms with E-state index in [9.17, 15) is 13.6 Å². The van der Waals surface area contributed by atoms with Gasteiger partial charge in [-0.3, -0.25) is 4.79 Å². The molecule has 0 spiro atoms. The smallest absolute Gasteiger partial charge is 0.259 e. The molecule has 0 unspecified atom stereocenters. The third kappa shape index (κ3) is 3.55. The molecule has 9 heteroatoms. The average molecular weight is 485 g/mol. The molecule has 1 amide bonds. The monoisotopic (exact) mass is 484 g/mol. The van der Waals surface area contributed by atoms with Gasteiger partial charge in [-0.2, -0.15) is 0 Å². The number of carbonyl (C=O) groups excluding carboxylic acids is 1. The summed E-state index contributed by atoms with van der Waals surface area (Å²) in [5, 5.41) is 9.94. The molecule has 0 saturated carbocycles. The fourth-order valence-electron chi connectivity index (χ4n) is 4.75. The summed E-state index contributed by atoms with van der Waals surface area (Å²) in [5.41, 5.74) is 2.98. The number of fused-ring (bicyclic) bond motifs is 3. The lowest BCUT2D eigenvalue weighted by molar-refractivity contribution is 0.0736. The SMILES string of the molecule is Cc1ccccc1-c1nnc2c3ccccc3nc(N3CCN(C(=O)c4c(F)cccc4F)CC3)n12. The van der Waals surface area contributed by atoms with Gasteiger partial charge in [-0.15, -0.1) is 10.2 Å². The van der Waals surface area contributed by atoms with Crippen molar-refractivity contribution in [3.8, 4) is 11.4 Å². The van der Waals surface area contributed by atoms with Gasteiger partial charge in [-0.25, -0.2) is 18.2 Å². The molecule has 2 aromatic heterocycles. The van der Waals surface area contributed by atoms with Crippen molar-refractivity contribution in [1.82, 2.24) is 24.5 Å². The highest BCUT2D eigenvalue weighted by Crippen LogP contribution is 2.30. The van der Waals surface area contributed by atoms with E-state index in [0.29, 0.717) is 43.6 Å². The van der Waals surface area contributed by atoms with Gasteiger partial charge >= 0.3 is 0 Å². The quantitative estimate of drug-likeness (QED) is 0.378. The van der Waals surface area contributed by atoms with E-state index in [-0.39, 0.29) is 0 Å². The molecule has 0 atom stereocenters. The minimum Gasteiger partial charge on any atom is -0.338 e. The number of nitrogens with zero attached hydrogens (tertiary/aromatic N) is 6. The first kappa shape index (κ1) is 22.1. The molecule has 0 radical (unpaired) electrons. The van der Waals surface area contributed by atoms with Crippen molar-refractivity contribution in [3.05, 3.63) is 89.5 Å². The third-order valence-corrected chi connectivity index (χ3v) is 6.64. The molecule has 3 aromatic carbocycles. The Bertz CT molecular complexity index is 1600. The maximum atomic E-state index is 14.2. The highest BCUT2D eigenvalue weighted by molar-refractivity contribution is 5.95. The summed E-state index contributed by atoms with van der Waals surface area (Å²) in [7, 11) is 0. The fourth-order valence-corrected chi connectivity index (χ4v) is 4.75. The Kier molecular flexibility index (Phi) is 5.32. The van der Waals surface area contributed by atoms with Crippen LogP contribution in [0.3, 0.4) is 0 Å². The largest absolute Gasteiger partial charge is 0.338 e. The van der Waals surface area contributed by atoms with Gasteiger partial charge in [0.2, 0.25) is 5.95 Å². The van der Waals surface area contributed by atoms with Gasteiger partial charge in [0.1, 0.15) is 17.2 Å². The van der Waals surface area contributed by atoms with Crippen LogP contribution in [-0.4, -0.2) is 56.6 Å². The molecule has 1 saturated heterocycles. The van der Waals surface area contributed by atoms with Crippen molar-refractivity contribution in [2.75, 3.05) is 31.1 Å². The molecule has 7 nitrogen and oxygen atoms in total. The number of aryl methyl sites for hydroxylation is 1. The normalized spacial score (nSPS) is 14.1. The van der Waals surface area contributed by atoms with E-state index in [1.165, 1.54) is 11.0 Å². The summed E-state index contributed by atoms with van der Waals surface area (Å²) in [6.07, 6.45) is 0. The number of piperazine rings is 1. The molecular formula is C27H22F2N6O. The van der Waals surface area contributed by atoms with Crippen molar-refractivity contribution in [2.24, 2.45) is 0 Å². The molecule has 5 aromatic rings. The Hall–Kier alpha value is -4.40. The van der Waals surface area contributed by atoms with E-state index in [0.717, 1.165) is 34.2 Å². The molecule has 1 fully saturated rings. The number of anilines is 1. The van der Waals surface area contributed by atoms with Crippen LogP contribution in [0.15, 0.2) is 66.7 Å². The number of hydrogen-bond acceptors (Lipinski definition) is 5. The second-order valence-electron chi connectivity index (χ2n) is 8.80. The van der Waals surface area contributed by atoms with Gasteiger partial charge in [0.25, 0.3) is 5.91 Å². The van der Waals surface area contributed by atoms with Crippen LogP contribution < -0.4 is 4.90 Å². The van der Waals surface area contributed by atoms with Crippen molar-refractivity contribution < 1.29 is 13.6 Å². The highest BCUT2D eigenvalue weighted by atomic mass is 19.1. The van der Waals surface area contributed by atoms with Crippen LogP contribution in [0.1, 0.15) is 15.9 Å². The van der Waals surface area contributed by atoms with Gasteiger partial charge < -0.3 is 9.80 Å². The second-order valence-corrected chi connectivity index (χ2v) is 8.80. The van der Waals surface area contributed by atoms with Gasteiger partial charge in [0.05, 0.1) is 5.52 Å². The van der Waals surface area contributed by atoms with Gasteiger partial charge in [-0.05, 0) is 36.8 Å². The number of rotatable bonds is 3. The zero-order chi connectivity index (χ0) is 24.8. The summed E-state index contributed by atoms with van der Waals surface area (Å²) >= 11 is 0. The lowest BCUT2D eigenvalue weighted by Gasteiger charge is -2.35. The minimum absolute atomic E-state index is 0.296. The van der Waals surface area contributed by atoms with E-state index < -0.39 is 23.1 Å². The van der Waals surface area contributed by atoms with Crippen LogP contribution in [0.2, 0.25) is 0 Å². The molecule has 3 heterocycles. The van der Waals surface area contributed by atoms with E-state index in [1.807, 2.05) is 59.9 Å². The number of para-hydroxylation sites is 1. The molecular weight excluding hydrogens is 462 g/mol. The van der Waals surface area contributed by atoms with Crippen molar-refractivity contribution in [1.29, 1.82) is 0 Å². The molecule has 1 aliphatic rings. The standard InChI is InChI=1S/C27H22F2N6O/c1-17-7-2-3-8-18(17)24-31-32-25-19-9-4-5-12-22(19)30-27(35(24)25)34-15-13-33(14-16-34)26(36)23-20(28)10-6-11-21(23)29/h2-12H,13-16H2,1H3. The van der Waals surface area contributed by atoms with Crippen molar-refractivity contribution >= 4 is 28.4 Å². The van der Waals surface area contributed by atoms with Crippen LogP contribution in [0.5, 0.6) is 0 Å². The van der Waals surface area contributed by atoms with Gasteiger partial charge in [-0.1, -0.05) is 42.5 Å². The van der Waals surface area contributed by atoms with Crippen LogP contribution in [-0.2, 0) is 0 Å². The first-order valence-corrected chi connectivity index (χ1v) is 11.7. The van der Waals surface area contributed by atoms with E-state index in [2.05, 4.69) is 15.1 Å². The van der Waals surface area contributed by atoms with Gasteiger partial charge in [0, 0.05) is 37.1 Å². The van der Waals surface area contributed by atoms with Crippen LogP contribution >= 0.6 is 0 Å². The molecule has 1 aliphatic heterocycles. The summed E-state index contributed by atoms with van der Waals surface area (Å²) in [4.78, 5) is 21.4. The van der Waals surface area contributed by atoms with E-state index in [1.54, 1.807) is 0 Å². The number of halogens is 2. The third-order valence-electron chi connectivity index (χ3n) is 6.64. The molecule has 6 rings (SSSR count). The van der Waals surface area contributed by atoms with E-state index in [4.69, 9.17) is 4.98 Å². The summed E-state index contributed by atoms with van der Waals surface area (Å²) in [5.74, 6) is -1.01. The first-order chi connectivity index (χ1) is 17.5. The molecule has 0 bridgehead atoms. The number of benzene rings is 3. The number of aromatic nitrogens is 4. The topological polar surface area (TPSA) is 66.6 Å². The number of amides is 1. The van der Waals surface area contributed by atoms with Crippen LogP contribution in [0.25, 0.3) is 27.9 Å². The Morgan fingerprint density at radius 2 is 1.53 bits per heavy atom. The maximum Gasteiger partial charge on any atom is 0.259 e. The Labute approximate surface area is 205 Å². The summed E-state index contributed by atoms with van der Waals surface area (Å²) in [6, 6.07) is 19.2. The zero-order valence-corrected chi connectivity index (χ0v) is 19.5. The van der Waals surface area contributed by atoms with Crippen LogP contribution in [0, 0.1) is 18.6 Å². The molecule has 36 heavy (non-hydrogen) atoms. The predicted octanol–water partition coefficient (Wildman–Crippen LogP) is 4.49. The molecule has 0 N–H and O–H groups in total.